The molecule has 1 aromatic heterocycles. The minimum absolute atomic E-state index is 0.191. The second-order valence-corrected chi connectivity index (χ2v) is 5.50. The summed E-state index contributed by atoms with van der Waals surface area (Å²) < 4.78 is 0. The smallest absolute Gasteiger partial charge is 0.255 e. The first-order chi connectivity index (χ1) is 10.5. The fourth-order valence-electron chi connectivity index (χ4n) is 2.11. The van der Waals surface area contributed by atoms with Crippen molar-refractivity contribution in [3.05, 3.63) is 64.4 Å². The lowest BCUT2D eigenvalue weighted by molar-refractivity contribution is 0.102. The van der Waals surface area contributed by atoms with Gasteiger partial charge in [-0.15, -0.1) is 0 Å². The second kappa shape index (κ2) is 5.73. The highest BCUT2D eigenvalue weighted by Crippen LogP contribution is 2.17. The Morgan fingerprint density at radius 2 is 1.59 bits per heavy atom. The van der Waals surface area contributed by atoms with E-state index in [-0.39, 0.29) is 5.91 Å². The highest BCUT2D eigenvalue weighted by molar-refractivity contribution is 6.30. The van der Waals surface area contributed by atoms with Crippen molar-refractivity contribution < 1.29 is 4.79 Å². The van der Waals surface area contributed by atoms with E-state index in [1.165, 1.54) is 0 Å². The monoisotopic (exact) mass is 311 g/mol. The molecule has 0 aliphatic heterocycles. The van der Waals surface area contributed by atoms with Crippen LogP contribution >= 0.6 is 11.6 Å². The number of benzene rings is 2. The SMILES string of the molecule is Cc1nc2ccc(C(=O)Nc3ccc(Cl)cc3)cc2nc1C. The molecule has 1 N–H and O–H groups in total. The van der Waals surface area contributed by atoms with Crippen LogP contribution in [0.1, 0.15) is 21.7 Å². The fourth-order valence-corrected chi connectivity index (χ4v) is 2.23. The maximum Gasteiger partial charge on any atom is 0.255 e. The Morgan fingerprint density at radius 1 is 0.955 bits per heavy atom. The molecule has 0 saturated carbocycles. The average molecular weight is 312 g/mol. The number of fused-ring (bicyclic) bond motifs is 1. The summed E-state index contributed by atoms with van der Waals surface area (Å²) in [5, 5.41) is 3.46. The van der Waals surface area contributed by atoms with Crippen molar-refractivity contribution in [3.63, 3.8) is 0 Å². The number of aromatic nitrogens is 2. The van der Waals surface area contributed by atoms with Crippen molar-refractivity contribution in [2.75, 3.05) is 5.32 Å². The molecule has 0 aliphatic rings. The van der Waals surface area contributed by atoms with E-state index < -0.39 is 0 Å². The molecule has 0 radical (unpaired) electrons. The van der Waals surface area contributed by atoms with Crippen molar-refractivity contribution in [1.29, 1.82) is 0 Å². The topological polar surface area (TPSA) is 54.9 Å². The van der Waals surface area contributed by atoms with Crippen molar-refractivity contribution >= 4 is 34.2 Å². The Morgan fingerprint density at radius 3 is 2.27 bits per heavy atom. The molecule has 5 heteroatoms. The van der Waals surface area contributed by atoms with Crippen molar-refractivity contribution in [1.82, 2.24) is 9.97 Å². The molecule has 0 atom stereocenters. The number of amides is 1. The minimum Gasteiger partial charge on any atom is -0.322 e. The van der Waals surface area contributed by atoms with E-state index in [4.69, 9.17) is 11.6 Å². The summed E-state index contributed by atoms with van der Waals surface area (Å²) in [5.41, 5.74) is 4.49. The number of aryl methyl sites for hydroxylation is 2. The van der Waals surface area contributed by atoms with Crippen LogP contribution in [0.2, 0.25) is 5.02 Å². The number of hydrogen-bond acceptors (Lipinski definition) is 3. The molecule has 1 heterocycles. The van der Waals surface area contributed by atoms with Gasteiger partial charge in [-0.2, -0.15) is 0 Å². The number of anilines is 1. The number of nitrogens with one attached hydrogen (secondary N) is 1. The van der Waals surface area contributed by atoms with Crippen LogP contribution in [0.5, 0.6) is 0 Å². The number of carbonyl (C=O) groups excluding carboxylic acids is 1. The minimum atomic E-state index is -0.191. The lowest BCUT2D eigenvalue weighted by atomic mass is 10.1. The molecule has 3 rings (SSSR count). The van der Waals surface area contributed by atoms with Gasteiger partial charge in [0.05, 0.1) is 22.4 Å². The molecular weight excluding hydrogens is 298 g/mol. The van der Waals surface area contributed by atoms with Gasteiger partial charge in [-0.05, 0) is 56.3 Å². The number of nitrogens with zero attached hydrogens (tertiary/aromatic N) is 2. The Hall–Kier alpha value is -2.46. The Kier molecular flexibility index (Phi) is 3.77. The van der Waals surface area contributed by atoms with E-state index in [1.807, 2.05) is 19.9 Å². The van der Waals surface area contributed by atoms with Crippen LogP contribution in [-0.4, -0.2) is 15.9 Å². The summed E-state index contributed by atoms with van der Waals surface area (Å²) in [6.45, 7) is 3.82. The molecule has 0 spiro atoms. The van der Waals surface area contributed by atoms with Gasteiger partial charge in [-0.1, -0.05) is 11.6 Å². The number of carbonyl (C=O) groups is 1. The molecule has 1 amide bonds. The van der Waals surface area contributed by atoms with E-state index in [0.29, 0.717) is 21.8 Å². The third-order valence-corrected chi connectivity index (χ3v) is 3.69. The Bertz CT molecular complexity index is 860. The van der Waals surface area contributed by atoms with Gasteiger partial charge in [-0.25, -0.2) is 9.97 Å². The highest BCUT2D eigenvalue weighted by Gasteiger charge is 2.09. The summed E-state index contributed by atoms with van der Waals surface area (Å²) in [5.74, 6) is -0.191. The van der Waals surface area contributed by atoms with Crippen molar-refractivity contribution in [2.24, 2.45) is 0 Å². The predicted molar refractivity (Wildman–Crippen MR) is 88.4 cm³/mol. The van der Waals surface area contributed by atoms with E-state index in [1.54, 1.807) is 36.4 Å². The van der Waals surface area contributed by atoms with Crippen LogP contribution in [0.3, 0.4) is 0 Å². The average Bonchev–Trinajstić information content (AvgIpc) is 2.50. The maximum atomic E-state index is 12.3. The van der Waals surface area contributed by atoms with E-state index in [2.05, 4.69) is 15.3 Å². The normalized spacial score (nSPS) is 10.7. The van der Waals surface area contributed by atoms with Crippen LogP contribution < -0.4 is 5.32 Å². The zero-order valence-corrected chi connectivity index (χ0v) is 13.0. The molecule has 22 heavy (non-hydrogen) atoms. The molecule has 0 fully saturated rings. The maximum absolute atomic E-state index is 12.3. The van der Waals surface area contributed by atoms with Crippen LogP contribution in [0.25, 0.3) is 11.0 Å². The number of rotatable bonds is 2. The van der Waals surface area contributed by atoms with Crippen LogP contribution in [-0.2, 0) is 0 Å². The van der Waals surface area contributed by atoms with Gasteiger partial charge < -0.3 is 5.32 Å². The first-order valence-electron chi connectivity index (χ1n) is 6.85. The summed E-state index contributed by atoms with van der Waals surface area (Å²) in [6, 6.07) is 12.3. The number of hydrogen-bond donors (Lipinski definition) is 1. The first kappa shape index (κ1) is 14.5. The standard InChI is InChI=1S/C17H14ClN3O/c1-10-11(2)20-16-9-12(3-8-15(16)19-10)17(22)21-14-6-4-13(18)5-7-14/h3-9H,1-2H3,(H,21,22). The Balaban J connectivity index is 1.90. The lowest BCUT2D eigenvalue weighted by Gasteiger charge is -2.07. The van der Waals surface area contributed by atoms with Gasteiger partial charge in [0.25, 0.3) is 5.91 Å². The second-order valence-electron chi connectivity index (χ2n) is 5.06. The van der Waals surface area contributed by atoms with Gasteiger partial charge in [0.1, 0.15) is 0 Å². The van der Waals surface area contributed by atoms with Gasteiger partial charge in [0.2, 0.25) is 0 Å². The third-order valence-electron chi connectivity index (χ3n) is 3.44. The number of halogens is 1. The van der Waals surface area contributed by atoms with Gasteiger partial charge >= 0.3 is 0 Å². The summed E-state index contributed by atoms with van der Waals surface area (Å²) in [7, 11) is 0. The third kappa shape index (κ3) is 2.92. The predicted octanol–water partition coefficient (Wildman–Crippen LogP) is 4.15. The van der Waals surface area contributed by atoms with Crippen LogP contribution in [0, 0.1) is 13.8 Å². The molecule has 0 aliphatic carbocycles. The molecular formula is C17H14ClN3O. The van der Waals surface area contributed by atoms with Crippen molar-refractivity contribution in [3.8, 4) is 0 Å². The first-order valence-corrected chi connectivity index (χ1v) is 7.22. The lowest BCUT2D eigenvalue weighted by Crippen LogP contribution is -2.12. The highest BCUT2D eigenvalue weighted by atomic mass is 35.5. The summed E-state index contributed by atoms with van der Waals surface area (Å²) >= 11 is 5.83. The van der Waals surface area contributed by atoms with Crippen LogP contribution in [0.15, 0.2) is 42.5 Å². The van der Waals surface area contributed by atoms with E-state index >= 15 is 0 Å². The molecule has 3 aromatic rings. The molecule has 2 aromatic carbocycles. The zero-order chi connectivity index (χ0) is 15.7. The quantitative estimate of drug-likeness (QED) is 0.773. The Labute approximate surface area is 133 Å². The van der Waals surface area contributed by atoms with Crippen molar-refractivity contribution in [2.45, 2.75) is 13.8 Å². The summed E-state index contributed by atoms with van der Waals surface area (Å²) in [6.07, 6.45) is 0. The van der Waals surface area contributed by atoms with Gasteiger partial charge in [-0.3, -0.25) is 4.79 Å². The van der Waals surface area contributed by atoms with E-state index in [9.17, 15) is 4.79 Å². The summed E-state index contributed by atoms with van der Waals surface area (Å²) in [4.78, 5) is 21.2. The zero-order valence-electron chi connectivity index (χ0n) is 12.2. The molecule has 0 unspecified atom stereocenters. The largest absolute Gasteiger partial charge is 0.322 e. The molecule has 0 saturated heterocycles. The molecule has 0 bridgehead atoms. The molecule has 110 valence electrons. The van der Waals surface area contributed by atoms with E-state index in [0.717, 1.165) is 16.9 Å². The molecule has 4 nitrogen and oxygen atoms in total. The van der Waals surface area contributed by atoms with Crippen LogP contribution in [0.4, 0.5) is 5.69 Å². The van der Waals surface area contributed by atoms with Gasteiger partial charge in [0.15, 0.2) is 0 Å². The van der Waals surface area contributed by atoms with Gasteiger partial charge in [0, 0.05) is 16.3 Å². The fraction of sp³-hybridized carbons (Fsp3) is 0.118.